The molecule has 12 aromatic rings. The van der Waals surface area contributed by atoms with Crippen LogP contribution in [0.15, 0.2) is 179 Å². The molecule has 0 saturated carbocycles. The van der Waals surface area contributed by atoms with Crippen molar-refractivity contribution in [2.24, 2.45) is 0 Å². The lowest BCUT2D eigenvalue weighted by atomic mass is 9.89. The Morgan fingerprint density at radius 3 is 1.72 bits per heavy atom. The maximum Gasteiger partial charge on any atom is 0.161 e. The number of aromatic nitrogens is 2. The molecule has 0 aliphatic rings. The summed E-state index contributed by atoms with van der Waals surface area (Å²) < 4.78 is 13.0. The Hall–Kier alpha value is -7.30. The molecule has 0 aliphatic carbocycles. The van der Waals surface area contributed by atoms with Crippen LogP contribution in [0.1, 0.15) is 0 Å². The molecule has 0 amide bonds. The van der Waals surface area contributed by atoms with E-state index in [0.717, 1.165) is 72.0 Å². The first-order valence-corrected chi connectivity index (χ1v) is 18.2. The SMILES string of the molecule is c1ccc(-c2ccc(-c3nc(-c4cccc5oc6cc(-c7cccc8c9cccc%10oc%11cccc(c78)c%11c%109)ccc6c45)nc4ccccc34)cc2)cc1. The summed E-state index contributed by atoms with van der Waals surface area (Å²) in [5.74, 6) is 0.670. The third-order valence-corrected chi connectivity index (χ3v) is 11.1. The van der Waals surface area contributed by atoms with Crippen LogP contribution in [0.25, 0.3) is 121 Å². The van der Waals surface area contributed by atoms with Crippen molar-refractivity contribution in [2.45, 2.75) is 0 Å². The Kier molecular flexibility index (Phi) is 6.02. The molecule has 0 bridgehead atoms. The lowest BCUT2D eigenvalue weighted by Crippen LogP contribution is -1.95. The molecular formula is C50H28N2O2. The second-order valence-corrected chi connectivity index (χ2v) is 14.0. The Labute approximate surface area is 308 Å². The summed E-state index contributed by atoms with van der Waals surface area (Å²) in [6.45, 7) is 0. The average Bonchev–Trinajstić information content (AvgIpc) is 3.82. The van der Waals surface area contributed by atoms with E-state index in [-0.39, 0.29) is 0 Å². The molecule has 0 unspecified atom stereocenters. The summed E-state index contributed by atoms with van der Waals surface area (Å²) >= 11 is 0. The van der Waals surface area contributed by atoms with Gasteiger partial charge in [0, 0.05) is 38.1 Å². The minimum Gasteiger partial charge on any atom is -0.456 e. The number of hydrogen-bond donors (Lipinski definition) is 0. The monoisotopic (exact) mass is 688 g/mol. The molecule has 9 aromatic carbocycles. The van der Waals surface area contributed by atoms with E-state index in [1.807, 2.05) is 30.3 Å². The van der Waals surface area contributed by atoms with Gasteiger partial charge >= 0.3 is 0 Å². The molecule has 54 heavy (non-hydrogen) atoms. The third kappa shape index (κ3) is 4.19. The third-order valence-electron chi connectivity index (χ3n) is 11.1. The molecule has 0 saturated heterocycles. The fourth-order valence-corrected chi connectivity index (χ4v) is 8.65. The first-order valence-electron chi connectivity index (χ1n) is 18.2. The van der Waals surface area contributed by atoms with Crippen molar-refractivity contribution < 1.29 is 8.83 Å². The summed E-state index contributed by atoms with van der Waals surface area (Å²) in [6, 6.07) is 59.5. The number of fused-ring (bicyclic) bond motifs is 7. The maximum atomic E-state index is 6.66. The van der Waals surface area contributed by atoms with Gasteiger partial charge < -0.3 is 8.83 Å². The molecule has 3 heterocycles. The van der Waals surface area contributed by atoms with E-state index in [2.05, 4.69) is 140 Å². The highest BCUT2D eigenvalue weighted by Gasteiger charge is 2.21. The van der Waals surface area contributed by atoms with E-state index in [4.69, 9.17) is 18.8 Å². The summed E-state index contributed by atoms with van der Waals surface area (Å²) in [6.07, 6.45) is 0. The molecule has 0 atom stereocenters. The fraction of sp³-hybridized carbons (Fsp3) is 0. The second kappa shape index (κ2) is 11.1. The first kappa shape index (κ1) is 29.3. The standard InChI is InChI=1S/C50H28N2O2/c1-2-10-29(11-3-1)30-22-24-31(25-23-30)49-36-12-4-5-18-40(36)51-50(52-49)39-17-9-19-41-46(39)37-27-26-32(28-44(37)54-41)33-13-6-14-34-35-15-7-20-42-47(35)48-38(45(33)34)16-8-21-43(48)53-42/h1-28H. The van der Waals surface area contributed by atoms with Crippen molar-refractivity contribution >= 4 is 76.3 Å². The zero-order valence-electron chi connectivity index (χ0n) is 28.9. The van der Waals surface area contributed by atoms with Crippen molar-refractivity contribution in [2.75, 3.05) is 0 Å². The maximum absolute atomic E-state index is 6.66. The predicted molar refractivity (Wildman–Crippen MR) is 222 cm³/mol. The normalized spacial score (nSPS) is 12.1. The van der Waals surface area contributed by atoms with Crippen molar-refractivity contribution in [3.63, 3.8) is 0 Å². The van der Waals surface area contributed by atoms with Gasteiger partial charge in [-0.1, -0.05) is 133 Å². The quantitative estimate of drug-likeness (QED) is 0.173. The highest BCUT2D eigenvalue weighted by molar-refractivity contribution is 6.35. The van der Waals surface area contributed by atoms with Crippen LogP contribution in [0, 0.1) is 0 Å². The largest absolute Gasteiger partial charge is 0.456 e. The highest BCUT2D eigenvalue weighted by Crippen LogP contribution is 2.46. The lowest BCUT2D eigenvalue weighted by molar-refractivity contribution is 0.669. The molecule has 0 radical (unpaired) electrons. The van der Waals surface area contributed by atoms with E-state index >= 15 is 0 Å². The predicted octanol–water partition coefficient (Wildman–Crippen LogP) is 13.8. The Balaban J connectivity index is 1.03. The van der Waals surface area contributed by atoms with Crippen molar-refractivity contribution in [3.8, 4) is 44.9 Å². The van der Waals surface area contributed by atoms with Crippen LogP contribution in [0.3, 0.4) is 0 Å². The van der Waals surface area contributed by atoms with Crippen molar-refractivity contribution in [3.05, 3.63) is 170 Å². The smallest absolute Gasteiger partial charge is 0.161 e. The first-order chi connectivity index (χ1) is 26.8. The van der Waals surface area contributed by atoms with E-state index < -0.39 is 0 Å². The highest BCUT2D eigenvalue weighted by atomic mass is 16.3. The van der Waals surface area contributed by atoms with Gasteiger partial charge in [-0.3, -0.25) is 0 Å². The topological polar surface area (TPSA) is 52.1 Å². The summed E-state index contributed by atoms with van der Waals surface area (Å²) in [4.78, 5) is 10.4. The van der Waals surface area contributed by atoms with Crippen LogP contribution < -0.4 is 0 Å². The minimum absolute atomic E-state index is 0.670. The van der Waals surface area contributed by atoms with Gasteiger partial charge in [0.2, 0.25) is 0 Å². The summed E-state index contributed by atoms with van der Waals surface area (Å²) in [5, 5.41) is 10.3. The van der Waals surface area contributed by atoms with E-state index in [9.17, 15) is 0 Å². The van der Waals surface area contributed by atoms with Gasteiger partial charge in [0.05, 0.1) is 11.2 Å². The van der Waals surface area contributed by atoms with Crippen LogP contribution in [-0.4, -0.2) is 9.97 Å². The van der Waals surface area contributed by atoms with Gasteiger partial charge in [-0.2, -0.15) is 0 Å². The lowest BCUT2D eigenvalue weighted by Gasteiger charge is -2.13. The van der Waals surface area contributed by atoms with E-state index in [1.165, 1.54) is 43.4 Å². The molecular weight excluding hydrogens is 661 g/mol. The number of furan rings is 2. The Morgan fingerprint density at radius 1 is 0.315 bits per heavy atom. The van der Waals surface area contributed by atoms with Gasteiger partial charge in [0.25, 0.3) is 0 Å². The van der Waals surface area contributed by atoms with Gasteiger partial charge in [0.1, 0.15) is 22.3 Å². The van der Waals surface area contributed by atoms with Gasteiger partial charge in [-0.15, -0.1) is 0 Å². The van der Waals surface area contributed by atoms with Crippen molar-refractivity contribution in [1.82, 2.24) is 9.97 Å². The molecule has 250 valence electrons. The minimum atomic E-state index is 0.670. The van der Waals surface area contributed by atoms with Gasteiger partial charge in [0.15, 0.2) is 5.82 Å². The molecule has 0 N–H and O–H groups in total. The molecule has 0 fully saturated rings. The van der Waals surface area contributed by atoms with Crippen LogP contribution in [0.5, 0.6) is 0 Å². The van der Waals surface area contributed by atoms with Crippen LogP contribution in [-0.2, 0) is 0 Å². The molecule has 4 heteroatoms. The van der Waals surface area contributed by atoms with Crippen LogP contribution >= 0.6 is 0 Å². The second-order valence-electron chi connectivity index (χ2n) is 14.0. The zero-order valence-corrected chi connectivity index (χ0v) is 28.9. The number of benzene rings is 9. The Morgan fingerprint density at radius 2 is 0.889 bits per heavy atom. The van der Waals surface area contributed by atoms with E-state index in [1.54, 1.807) is 0 Å². The number of rotatable bonds is 4. The van der Waals surface area contributed by atoms with Crippen LogP contribution in [0.2, 0.25) is 0 Å². The van der Waals surface area contributed by atoms with Gasteiger partial charge in [-0.25, -0.2) is 9.97 Å². The molecule has 0 aliphatic heterocycles. The zero-order chi connectivity index (χ0) is 35.3. The van der Waals surface area contributed by atoms with Crippen molar-refractivity contribution in [1.29, 1.82) is 0 Å². The molecule has 4 nitrogen and oxygen atoms in total. The summed E-state index contributed by atoms with van der Waals surface area (Å²) in [5.41, 5.74) is 11.9. The number of nitrogens with zero attached hydrogens (tertiary/aromatic N) is 2. The van der Waals surface area contributed by atoms with E-state index in [0.29, 0.717) is 5.82 Å². The number of para-hydroxylation sites is 1. The van der Waals surface area contributed by atoms with Crippen LogP contribution in [0.4, 0.5) is 0 Å². The molecule has 12 rings (SSSR count). The fourth-order valence-electron chi connectivity index (χ4n) is 8.65. The molecule has 3 aromatic heterocycles. The van der Waals surface area contributed by atoms with Gasteiger partial charge in [-0.05, 0) is 80.2 Å². The molecule has 0 spiro atoms. The average molecular weight is 689 g/mol. The number of hydrogen-bond acceptors (Lipinski definition) is 4. The Bertz CT molecular complexity index is 3430. The summed E-state index contributed by atoms with van der Waals surface area (Å²) in [7, 11) is 0.